The maximum atomic E-state index is 12.4. The van der Waals surface area contributed by atoms with Crippen LogP contribution in [0.25, 0.3) is 0 Å². The van der Waals surface area contributed by atoms with Crippen LogP contribution >= 0.6 is 0 Å². The van der Waals surface area contributed by atoms with Gasteiger partial charge in [-0.15, -0.1) is 0 Å². The Hall–Kier alpha value is -1.89. The van der Waals surface area contributed by atoms with Crippen LogP contribution in [0, 0.1) is 0 Å². The monoisotopic (exact) mass is 324 g/mol. The zero-order chi connectivity index (χ0) is 16.3. The van der Waals surface area contributed by atoms with Gasteiger partial charge in [0.05, 0.1) is 5.75 Å². The van der Waals surface area contributed by atoms with Crippen LogP contribution in [-0.4, -0.2) is 37.1 Å². The third kappa shape index (κ3) is 3.30. The number of nitrogens with zero attached hydrogens (tertiary/aromatic N) is 1. The summed E-state index contributed by atoms with van der Waals surface area (Å²) < 4.78 is 25.2. The van der Waals surface area contributed by atoms with Gasteiger partial charge in [-0.1, -0.05) is 32.0 Å². The Morgan fingerprint density at radius 1 is 1.27 bits per heavy atom. The summed E-state index contributed by atoms with van der Waals surface area (Å²) in [7, 11) is -3.81. The first kappa shape index (κ1) is 16.5. The minimum absolute atomic E-state index is 0.0117. The first-order valence-electron chi connectivity index (χ1n) is 7.31. The van der Waals surface area contributed by atoms with E-state index in [1.54, 1.807) is 24.3 Å². The molecule has 1 aromatic carbocycles. The number of rotatable bonds is 5. The normalized spacial score (nSPS) is 16.5. The summed E-state index contributed by atoms with van der Waals surface area (Å²) in [4.78, 5) is 24.4. The second-order valence-electron chi connectivity index (χ2n) is 5.31. The van der Waals surface area contributed by atoms with Gasteiger partial charge in [-0.05, 0) is 24.5 Å². The maximum absolute atomic E-state index is 12.4. The zero-order valence-electron chi connectivity index (χ0n) is 12.7. The van der Waals surface area contributed by atoms with Crippen LogP contribution in [0.15, 0.2) is 24.3 Å². The summed E-state index contributed by atoms with van der Waals surface area (Å²) >= 11 is 0. The average molecular weight is 324 g/mol. The van der Waals surface area contributed by atoms with E-state index in [1.807, 2.05) is 13.8 Å². The Kier molecular flexibility index (Phi) is 4.85. The number of benzene rings is 1. The molecule has 1 aromatic rings. The van der Waals surface area contributed by atoms with E-state index in [-0.39, 0.29) is 11.8 Å². The number of carbonyl (C=O) groups is 2. The molecule has 0 saturated heterocycles. The molecule has 0 aromatic heterocycles. The van der Waals surface area contributed by atoms with E-state index in [0.717, 1.165) is 12.8 Å². The SMILES string of the molecule is CCC(CC)NC(=O)CN1C(=O)c2ccccc2CS1(=O)=O. The molecule has 0 spiro atoms. The topological polar surface area (TPSA) is 83.6 Å². The third-order valence-corrected chi connectivity index (χ3v) is 5.43. The summed E-state index contributed by atoms with van der Waals surface area (Å²) in [6.07, 6.45) is 1.51. The fourth-order valence-corrected chi connectivity index (χ4v) is 3.92. The van der Waals surface area contributed by atoms with Crippen LogP contribution in [0.4, 0.5) is 0 Å². The lowest BCUT2D eigenvalue weighted by Crippen LogP contribution is -2.48. The molecule has 120 valence electrons. The Morgan fingerprint density at radius 3 is 2.55 bits per heavy atom. The van der Waals surface area contributed by atoms with Gasteiger partial charge in [0, 0.05) is 11.6 Å². The highest BCUT2D eigenvalue weighted by Crippen LogP contribution is 2.24. The fraction of sp³-hybridized carbons (Fsp3) is 0.467. The number of sulfonamides is 1. The van der Waals surface area contributed by atoms with Crippen molar-refractivity contribution in [3.8, 4) is 0 Å². The molecule has 2 amide bonds. The van der Waals surface area contributed by atoms with E-state index in [0.29, 0.717) is 15.4 Å². The van der Waals surface area contributed by atoms with Crippen LogP contribution in [-0.2, 0) is 20.6 Å². The summed E-state index contributed by atoms with van der Waals surface area (Å²) in [5, 5.41) is 2.75. The van der Waals surface area contributed by atoms with Crippen molar-refractivity contribution in [2.45, 2.75) is 38.5 Å². The van der Waals surface area contributed by atoms with Gasteiger partial charge in [-0.25, -0.2) is 12.7 Å². The lowest BCUT2D eigenvalue weighted by molar-refractivity contribution is -0.121. The van der Waals surface area contributed by atoms with Crippen LogP contribution in [0.1, 0.15) is 42.6 Å². The molecule has 2 rings (SSSR count). The van der Waals surface area contributed by atoms with Crippen molar-refractivity contribution in [1.82, 2.24) is 9.62 Å². The smallest absolute Gasteiger partial charge is 0.268 e. The summed E-state index contributed by atoms with van der Waals surface area (Å²) in [5.74, 6) is -1.35. The predicted octanol–water partition coefficient (Wildman–Crippen LogP) is 1.28. The minimum Gasteiger partial charge on any atom is -0.352 e. The first-order chi connectivity index (χ1) is 10.4. The second kappa shape index (κ2) is 6.48. The molecule has 0 atom stereocenters. The molecule has 0 radical (unpaired) electrons. The molecule has 6 nitrogen and oxygen atoms in total. The standard InChI is InChI=1S/C15H20N2O4S/c1-3-12(4-2)16-14(18)9-17-15(19)13-8-6-5-7-11(13)10-22(17,20)21/h5-8,12H,3-4,9-10H2,1-2H3,(H,16,18). The Bertz CT molecular complexity index is 681. The molecule has 0 aliphatic carbocycles. The molecule has 1 N–H and O–H groups in total. The molecule has 0 fully saturated rings. The molecule has 0 unspecified atom stereocenters. The van der Waals surface area contributed by atoms with Crippen LogP contribution < -0.4 is 5.32 Å². The Morgan fingerprint density at radius 2 is 1.91 bits per heavy atom. The van der Waals surface area contributed by atoms with Gasteiger partial charge in [0.2, 0.25) is 15.9 Å². The third-order valence-electron chi connectivity index (χ3n) is 3.79. The molecular formula is C15H20N2O4S. The van der Waals surface area contributed by atoms with Crippen molar-refractivity contribution in [2.75, 3.05) is 6.54 Å². The Labute approximate surface area is 130 Å². The van der Waals surface area contributed by atoms with E-state index in [9.17, 15) is 18.0 Å². The number of carbonyl (C=O) groups excluding carboxylic acids is 2. The van der Waals surface area contributed by atoms with Gasteiger partial charge in [0.1, 0.15) is 6.54 Å². The number of hydrogen-bond acceptors (Lipinski definition) is 4. The molecule has 1 aliphatic heterocycles. The molecule has 7 heteroatoms. The van der Waals surface area contributed by atoms with Crippen molar-refractivity contribution < 1.29 is 18.0 Å². The largest absolute Gasteiger partial charge is 0.352 e. The molecular weight excluding hydrogens is 304 g/mol. The number of nitrogens with one attached hydrogen (secondary N) is 1. The average Bonchev–Trinajstić information content (AvgIpc) is 2.48. The van der Waals surface area contributed by atoms with Gasteiger partial charge in [0.25, 0.3) is 5.91 Å². The highest BCUT2D eigenvalue weighted by atomic mass is 32.2. The first-order valence-corrected chi connectivity index (χ1v) is 8.92. The van der Waals surface area contributed by atoms with E-state index in [1.165, 1.54) is 0 Å². The summed E-state index contributed by atoms with van der Waals surface area (Å²) in [5.41, 5.74) is 0.816. The zero-order valence-corrected chi connectivity index (χ0v) is 13.5. The number of fused-ring (bicyclic) bond motifs is 1. The van der Waals surface area contributed by atoms with E-state index < -0.39 is 28.4 Å². The van der Waals surface area contributed by atoms with Crippen LogP contribution in [0.2, 0.25) is 0 Å². The number of hydrogen-bond donors (Lipinski definition) is 1. The Balaban J connectivity index is 2.20. The highest BCUT2D eigenvalue weighted by molar-refractivity contribution is 7.89. The summed E-state index contributed by atoms with van der Waals surface area (Å²) in [6, 6.07) is 6.56. The molecule has 1 heterocycles. The van der Waals surface area contributed by atoms with E-state index >= 15 is 0 Å². The molecule has 22 heavy (non-hydrogen) atoms. The van der Waals surface area contributed by atoms with Crippen molar-refractivity contribution in [1.29, 1.82) is 0 Å². The lowest BCUT2D eigenvalue weighted by Gasteiger charge is -2.28. The van der Waals surface area contributed by atoms with Crippen LogP contribution in [0.3, 0.4) is 0 Å². The van der Waals surface area contributed by atoms with E-state index in [4.69, 9.17) is 0 Å². The van der Waals surface area contributed by atoms with Gasteiger partial charge < -0.3 is 5.32 Å². The van der Waals surface area contributed by atoms with Gasteiger partial charge in [-0.3, -0.25) is 9.59 Å². The van der Waals surface area contributed by atoms with Gasteiger partial charge in [0.15, 0.2) is 0 Å². The predicted molar refractivity (Wildman–Crippen MR) is 82.6 cm³/mol. The molecule has 1 aliphatic rings. The molecule has 0 saturated carbocycles. The van der Waals surface area contributed by atoms with E-state index in [2.05, 4.69) is 5.32 Å². The van der Waals surface area contributed by atoms with Gasteiger partial charge >= 0.3 is 0 Å². The van der Waals surface area contributed by atoms with Crippen molar-refractivity contribution >= 4 is 21.8 Å². The summed E-state index contributed by atoms with van der Waals surface area (Å²) in [6.45, 7) is 3.41. The number of amides is 2. The fourth-order valence-electron chi connectivity index (χ4n) is 2.46. The second-order valence-corrected chi connectivity index (χ2v) is 7.20. The van der Waals surface area contributed by atoms with Crippen molar-refractivity contribution in [3.05, 3.63) is 35.4 Å². The quantitative estimate of drug-likeness (QED) is 0.884. The lowest BCUT2D eigenvalue weighted by atomic mass is 10.1. The highest BCUT2D eigenvalue weighted by Gasteiger charge is 2.36. The van der Waals surface area contributed by atoms with Gasteiger partial charge in [-0.2, -0.15) is 0 Å². The van der Waals surface area contributed by atoms with Crippen molar-refractivity contribution in [3.63, 3.8) is 0 Å². The molecule has 0 bridgehead atoms. The van der Waals surface area contributed by atoms with Crippen LogP contribution in [0.5, 0.6) is 0 Å². The maximum Gasteiger partial charge on any atom is 0.268 e. The minimum atomic E-state index is -3.81. The van der Waals surface area contributed by atoms with Crippen molar-refractivity contribution in [2.24, 2.45) is 0 Å².